The summed E-state index contributed by atoms with van der Waals surface area (Å²) in [5.41, 5.74) is 2.44. The van der Waals surface area contributed by atoms with Gasteiger partial charge in [-0.1, -0.05) is 42.5 Å². The second kappa shape index (κ2) is 8.05. The quantitative estimate of drug-likeness (QED) is 0.528. The van der Waals surface area contributed by atoms with Crippen LogP contribution in [0, 0.1) is 0 Å². The zero-order valence-corrected chi connectivity index (χ0v) is 16.3. The highest BCUT2D eigenvalue weighted by molar-refractivity contribution is 5.78. The molecular weight excluding hydrogens is 378 g/mol. The summed E-state index contributed by atoms with van der Waals surface area (Å²) in [6.07, 6.45) is -1.30. The van der Waals surface area contributed by atoms with E-state index in [9.17, 15) is 5.11 Å². The van der Waals surface area contributed by atoms with Crippen LogP contribution >= 0.6 is 0 Å². The molecule has 4 aromatic rings. The van der Waals surface area contributed by atoms with Crippen LogP contribution in [-0.2, 0) is 6.61 Å². The fourth-order valence-electron chi connectivity index (χ4n) is 3.56. The highest BCUT2D eigenvalue weighted by Crippen LogP contribution is 2.36. The molecule has 0 bridgehead atoms. The lowest BCUT2D eigenvalue weighted by Gasteiger charge is -2.30. The normalized spacial score (nSPS) is 17.8. The van der Waals surface area contributed by atoms with Crippen molar-refractivity contribution in [2.75, 3.05) is 6.61 Å². The second-order valence-electron chi connectivity index (χ2n) is 7.21. The number of aliphatic hydroxyl groups is 1. The summed E-state index contributed by atoms with van der Waals surface area (Å²) >= 11 is 0. The maximum Gasteiger partial charge on any atom is 0.163 e. The van der Waals surface area contributed by atoms with Crippen LogP contribution in [0.2, 0.25) is 0 Å². The van der Waals surface area contributed by atoms with Gasteiger partial charge in [0.25, 0.3) is 0 Å². The predicted molar refractivity (Wildman–Crippen MR) is 114 cm³/mol. The third-order valence-electron chi connectivity index (χ3n) is 5.13. The van der Waals surface area contributed by atoms with Crippen molar-refractivity contribution in [1.29, 1.82) is 0 Å². The number of hydrogen-bond acceptors (Lipinski definition) is 5. The lowest BCUT2D eigenvalue weighted by Crippen LogP contribution is -2.35. The van der Waals surface area contributed by atoms with E-state index in [-0.39, 0.29) is 6.61 Å². The molecule has 5 heteroatoms. The van der Waals surface area contributed by atoms with Crippen molar-refractivity contribution < 1.29 is 19.3 Å². The van der Waals surface area contributed by atoms with Crippen LogP contribution in [0.4, 0.5) is 0 Å². The Morgan fingerprint density at radius 3 is 2.63 bits per heavy atom. The van der Waals surface area contributed by atoms with Gasteiger partial charge in [-0.3, -0.25) is 0 Å². The van der Waals surface area contributed by atoms with Gasteiger partial charge in [0.2, 0.25) is 0 Å². The van der Waals surface area contributed by atoms with Gasteiger partial charge < -0.3 is 19.3 Å². The standard InChI is InChI=1S/C25H21NO4/c27-25-21-14-20(28-15-18-11-10-17-6-4-5-9-22(17)26-18)12-13-23(21)29-16-24(25)30-19-7-2-1-3-8-19/h1-14,24-25,27H,15-16H2. The Morgan fingerprint density at radius 2 is 1.73 bits per heavy atom. The Bertz CT molecular complexity index is 1160. The highest BCUT2D eigenvalue weighted by Gasteiger charge is 2.31. The minimum Gasteiger partial charge on any atom is -0.489 e. The van der Waals surface area contributed by atoms with Gasteiger partial charge in [0.05, 0.1) is 11.2 Å². The van der Waals surface area contributed by atoms with Gasteiger partial charge in [0, 0.05) is 10.9 Å². The summed E-state index contributed by atoms with van der Waals surface area (Å²) in [6.45, 7) is 0.620. The maximum atomic E-state index is 10.8. The average molecular weight is 399 g/mol. The fraction of sp³-hybridized carbons (Fsp3) is 0.160. The minimum absolute atomic E-state index is 0.282. The molecule has 1 aromatic heterocycles. The SMILES string of the molecule is OC1c2cc(OCc3ccc4ccccc4n3)ccc2OCC1Oc1ccccc1. The van der Waals surface area contributed by atoms with E-state index in [1.54, 1.807) is 0 Å². The first-order valence-corrected chi connectivity index (χ1v) is 9.90. The van der Waals surface area contributed by atoms with E-state index in [1.165, 1.54) is 0 Å². The van der Waals surface area contributed by atoms with Crippen LogP contribution in [0.25, 0.3) is 10.9 Å². The summed E-state index contributed by atoms with van der Waals surface area (Å²) in [5, 5.41) is 11.9. The molecule has 5 rings (SSSR count). The molecule has 0 fully saturated rings. The number of ether oxygens (including phenoxy) is 3. The number of nitrogens with zero attached hydrogens (tertiary/aromatic N) is 1. The number of aromatic nitrogens is 1. The molecule has 2 atom stereocenters. The second-order valence-corrected chi connectivity index (χ2v) is 7.21. The monoisotopic (exact) mass is 399 g/mol. The molecule has 0 amide bonds. The minimum atomic E-state index is -0.809. The van der Waals surface area contributed by atoms with Crippen molar-refractivity contribution in [1.82, 2.24) is 4.98 Å². The van der Waals surface area contributed by atoms with Gasteiger partial charge in [0.1, 0.15) is 36.6 Å². The number of pyridine rings is 1. The highest BCUT2D eigenvalue weighted by atomic mass is 16.5. The molecule has 0 saturated heterocycles. The van der Waals surface area contributed by atoms with Gasteiger partial charge in [-0.15, -0.1) is 0 Å². The van der Waals surface area contributed by atoms with E-state index in [0.29, 0.717) is 29.4 Å². The summed E-state index contributed by atoms with van der Waals surface area (Å²) in [4.78, 5) is 4.63. The van der Waals surface area contributed by atoms with Crippen LogP contribution in [-0.4, -0.2) is 22.8 Å². The Balaban J connectivity index is 1.30. The van der Waals surface area contributed by atoms with Crippen LogP contribution in [0.15, 0.2) is 84.9 Å². The number of benzene rings is 3. The Hall–Kier alpha value is -3.57. The van der Waals surface area contributed by atoms with Gasteiger partial charge in [-0.05, 0) is 42.5 Å². The average Bonchev–Trinajstić information content (AvgIpc) is 2.80. The molecule has 0 saturated carbocycles. The van der Waals surface area contributed by atoms with E-state index in [4.69, 9.17) is 14.2 Å². The number of aliphatic hydroxyl groups excluding tert-OH is 1. The Kier molecular flexibility index (Phi) is 4.95. The van der Waals surface area contributed by atoms with E-state index < -0.39 is 12.2 Å². The molecule has 1 N–H and O–H groups in total. The Morgan fingerprint density at radius 1 is 0.900 bits per heavy atom. The molecule has 30 heavy (non-hydrogen) atoms. The molecular formula is C25H21NO4. The first kappa shape index (κ1) is 18.5. The largest absolute Gasteiger partial charge is 0.489 e. The molecule has 5 nitrogen and oxygen atoms in total. The molecule has 2 unspecified atom stereocenters. The lowest BCUT2D eigenvalue weighted by atomic mass is 10.0. The van der Waals surface area contributed by atoms with Gasteiger partial charge in [0.15, 0.2) is 6.10 Å². The van der Waals surface area contributed by atoms with Crippen LogP contribution in [0.3, 0.4) is 0 Å². The Labute approximate surface area is 174 Å². The maximum absolute atomic E-state index is 10.8. The molecule has 1 aliphatic rings. The van der Waals surface area contributed by atoms with Gasteiger partial charge >= 0.3 is 0 Å². The smallest absolute Gasteiger partial charge is 0.163 e. The zero-order chi connectivity index (χ0) is 20.3. The third-order valence-corrected chi connectivity index (χ3v) is 5.13. The van der Waals surface area contributed by atoms with Crippen molar-refractivity contribution >= 4 is 10.9 Å². The topological polar surface area (TPSA) is 60.8 Å². The van der Waals surface area contributed by atoms with E-state index in [0.717, 1.165) is 16.6 Å². The number of hydrogen-bond donors (Lipinski definition) is 1. The first-order chi connectivity index (χ1) is 14.8. The van der Waals surface area contributed by atoms with Gasteiger partial charge in [-0.25, -0.2) is 4.98 Å². The lowest BCUT2D eigenvalue weighted by molar-refractivity contribution is -0.0104. The van der Waals surface area contributed by atoms with Crippen molar-refractivity contribution in [2.45, 2.75) is 18.8 Å². The molecule has 0 radical (unpaired) electrons. The number of para-hydroxylation sites is 2. The van der Waals surface area contributed by atoms with Crippen LogP contribution in [0.5, 0.6) is 17.2 Å². The summed E-state index contributed by atoms with van der Waals surface area (Å²) in [5.74, 6) is 1.99. The molecule has 1 aliphatic heterocycles. The summed E-state index contributed by atoms with van der Waals surface area (Å²) in [7, 11) is 0. The third kappa shape index (κ3) is 3.80. The molecule has 0 aliphatic carbocycles. The fourth-order valence-corrected chi connectivity index (χ4v) is 3.56. The molecule has 150 valence electrons. The van der Waals surface area contributed by atoms with Crippen LogP contribution in [0.1, 0.15) is 17.4 Å². The molecule has 3 aromatic carbocycles. The molecule has 0 spiro atoms. The van der Waals surface area contributed by atoms with Crippen molar-refractivity contribution in [2.24, 2.45) is 0 Å². The van der Waals surface area contributed by atoms with Crippen LogP contribution < -0.4 is 14.2 Å². The first-order valence-electron chi connectivity index (χ1n) is 9.90. The summed E-state index contributed by atoms with van der Waals surface area (Å²) in [6, 6.07) is 26.9. The predicted octanol–water partition coefficient (Wildman–Crippen LogP) is 4.69. The van der Waals surface area contributed by atoms with E-state index >= 15 is 0 Å². The molecule has 2 heterocycles. The number of fused-ring (bicyclic) bond motifs is 2. The van der Waals surface area contributed by atoms with Gasteiger partial charge in [-0.2, -0.15) is 0 Å². The van der Waals surface area contributed by atoms with E-state index in [2.05, 4.69) is 4.98 Å². The zero-order valence-electron chi connectivity index (χ0n) is 16.3. The van der Waals surface area contributed by atoms with E-state index in [1.807, 2.05) is 84.9 Å². The summed E-state index contributed by atoms with van der Waals surface area (Å²) < 4.78 is 17.6. The van der Waals surface area contributed by atoms with Crippen molar-refractivity contribution in [3.05, 3.63) is 96.2 Å². The number of rotatable bonds is 5. The van der Waals surface area contributed by atoms with Crippen molar-refractivity contribution in [3.8, 4) is 17.2 Å². The van der Waals surface area contributed by atoms with Crippen molar-refractivity contribution in [3.63, 3.8) is 0 Å².